The molecule has 1 aliphatic carbocycles. The van der Waals surface area contributed by atoms with Crippen molar-refractivity contribution in [2.45, 2.75) is 39.2 Å². The van der Waals surface area contributed by atoms with Gasteiger partial charge < -0.3 is 15.8 Å². The van der Waals surface area contributed by atoms with Crippen molar-refractivity contribution in [1.82, 2.24) is 0 Å². The lowest BCUT2D eigenvalue weighted by molar-refractivity contribution is -0.118. The van der Waals surface area contributed by atoms with E-state index in [0.717, 1.165) is 11.4 Å². The van der Waals surface area contributed by atoms with Gasteiger partial charge in [0.1, 0.15) is 5.75 Å². The standard InChI is InChI=1S/C15H22N2O2/c1-11(15(2)8-9-15)17-12-3-5-13(6-4-12)19-10-7-14(16)18/h3-6,11,17H,7-10H2,1-2H3,(H2,16,18). The van der Waals surface area contributed by atoms with Gasteiger partial charge in [0, 0.05) is 11.7 Å². The molecule has 1 aromatic carbocycles. The Hall–Kier alpha value is -1.71. The number of carbonyl (C=O) groups is 1. The van der Waals surface area contributed by atoms with Crippen molar-refractivity contribution in [3.63, 3.8) is 0 Å². The Morgan fingerprint density at radius 1 is 1.42 bits per heavy atom. The molecule has 104 valence electrons. The maximum Gasteiger partial charge on any atom is 0.220 e. The van der Waals surface area contributed by atoms with E-state index in [1.165, 1.54) is 12.8 Å². The zero-order valence-electron chi connectivity index (χ0n) is 11.6. The Morgan fingerprint density at radius 2 is 2.05 bits per heavy atom. The molecule has 0 radical (unpaired) electrons. The first kappa shape index (κ1) is 13.7. The lowest BCUT2D eigenvalue weighted by atomic mass is 10.0. The van der Waals surface area contributed by atoms with Gasteiger partial charge >= 0.3 is 0 Å². The molecule has 0 saturated heterocycles. The molecule has 0 aromatic heterocycles. The second-order valence-corrected chi connectivity index (χ2v) is 5.61. The van der Waals surface area contributed by atoms with E-state index in [0.29, 0.717) is 18.1 Å². The zero-order valence-corrected chi connectivity index (χ0v) is 11.6. The lowest BCUT2D eigenvalue weighted by Gasteiger charge is -2.21. The van der Waals surface area contributed by atoms with Crippen molar-refractivity contribution in [2.24, 2.45) is 11.1 Å². The van der Waals surface area contributed by atoms with Gasteiger partial charge in [-0.15, -0.1) is 0 Å². The molecule has 1 amide bonds. The number of primary amides is 1. The number of anilines is 1. The monoisotopic (exact) mass is 262 g/mol. The number of hydrogen-bond donors (Lipinski definition) is 2. The first-order chi connectivity index (χ1) is 8.99. The number of hydrogen-bond acceptors (Lipinski definition) is 3. The summed E-state index contributed by atoms with van der Waals surface area (Å²) < 4.78 is 5.43. The van der Waals surface area contributed by atoms with Crippen molar-refractivity contribution < 1.29 is 9.53 Å². The molecule has 1 aliphatic rings. The number of nitrogens with two attached hydrogens (primary N) is 1. The second kappa shape index (κ2) is 5.51. The van der Waals surface area contributed by atoms with Gasteiger partial charge in [-0.2, -0.15) is 0 Å². The van der Waals surface area contributed by atoms with E-state index in [-0.39, 0.29) is 12.3 Å². The zero-order chi connectivity index (χ0) is 13.9. The largest absolute Gasteiger partial charge is 0.493 e. The van der Waals surface area contributed by atoms with E-state index in [1.54, 1.807) is 0 Å². The summed E-state index contributed by atoms with van der Waals surface area (Å²) in [5.41, 5.74) is 6.61. The first-order valence-electron chi connectivity index (χ1n) is 6.77. The van der Waals surface area contributed by atoms with Crippen LogP contribution in [0.4, 0.5) is 5.69 Å². The predicted octanol–water partition coefficient (Wildman–Crippen LogP) is 2.54. The van der Waals surface area contributed by atoms with Crippen LogP contribution in [0.2, 0.25) is 0 Å². The van der Waals surface area contributed by atoms with Crippen LogP contribution in [-0.2, 0) is 4.79 Å². The average molecular weight is 262 g/mol. The summed E-state index contributed by atoms with van der Waals surface area (Å²) in [5.74, 6) is 0.418. The van der Waals surface area contributed by atoms with Gasteiger partial charge in [-0.1, -0.05) is 6.92 Å². The van der Waals surface area contributed by atoms with E-state index in [4.69, 9.17) is 10.5 Å². The SMILES string of the molecule is CC(Nc1ccc(OCCC(N)=O)cc1)C1(C)CC1. The maximum absolute atomic E-state index is 10.6. The molecule has 19 heavy (non-hydrogen) atoms. The van der Waals surface area contributed by atoms with Gasteiger partial charge in [-0.05, 0) is 49.4 Å². The molecule has 0 spiro atoms. The third-order valence-electron chi connectivity index (χ3n) is 3.94. The minimum Gasteiger partial charge on any atom is -0.493 e. The molecule has 0 bridgehead atoms. The Kier molecular flexibility index (Phi) is 3.98. The highest BCUT2D eigenvalue weighted by Crippen LogP contribution is 2.48. The highest BCUT2D eigenvalue weighted by atomic mass is 16.5. The molecule has 1 atom stereocenters. The predicted molar refractivity (Wildman–Crippen MR) is 76.2 cm³/mol. The van der Waals surface area contributed by atoms with Gasteiger partial charge in [0.25, 0.3) is 0 Å². The van der Waals surface area contributed by atoms with Crippen LogP contribution in [0.1, 0.15) is 33.1 Å². The summed E-state index contributed by atoms with van der Waals surface area (Å²) in [6.45, 7) is 4.87. The minimum atomic E-state index is -0.343. The van der Waals surface area contributed by atoms with Gasteiger partial charge in [0.2, 0.25) is 5.91 Å². The number of benzene rings is 1. The van der Waals surface area contributed by atoms with Crippen LogP contribution < -0.4 is 15.8 Å². The van der Waals surface area contributed by atoms with Crippen molar-refractivity contribution in [3.05, 3.63) is 24.3 Å². The van der Waals surface area contributed by atoms with E-state index in [2.05, 4.69) is 19.2 Å². The van der Waals surface area contributed by atoms with Crippen LogP contribution in [0.5, 0.6) is 5.75 Å². The van der Waals surface area contributed by atoms with Crippen molar-refractivity contribution >= 4 is 11.6 Å². The Bertz CT molecular complexity index is 438. The molecule has 1 unspecified atom stereocenters. The molecule has 1 aromatic rings. The third-order valence-corrected chi connectivity index (χ3v) is 3.94. The molecule has 4 nitrogen and oxygen atoms in total. The highest BCUT2D eigenvalue weighted by molar-refractivity contribution is 5.73. The van der Waals surface area contributed by atoms with Crippen LogP contribution in [-0.4, -0.2) is 18.6 Å². The maximum atomic E-state index is 10.6. The summed E-state index contributed by atoms with van der Waals surface area (Å²) in [6, 6.07) is 8.30. The van der Waals surface area contributed by atoms with Gasteiger partial charge in [0.05, 0.1) is 13.0 Å². The second-order valence-electron chi connectivity index (χ2n) is 5.61. The van der Waals surface area contributed by atoms with Crippen LogP contribution in [0.25, 0.3) is 0 Å². The molecule has 1 fully saturated rings. The highest BCUT2D eigenvalue weighted by Gasteiger charge is 2.42. The molecule has 2 rings (SSSR count). The van der Waals surface area contributed by atoms with Gasteiger partial charge in [0.15, 0.2) is 0 Å². The van der Waals surface area contributed by atoms with E-state index < -0.39 is 0 Å². The summed E-state index contributed by atoms with van der Waals surface area (Å²) in [7, 11) is 0. The number of amides is 1. The number of carbonyl (C=O) groups excluding carboxylic acids is 1. The minimum absolute atomic E-state index is 0.245. The Balaban J connectivity index is 1.82. The van der Waals surface area contributed by atoms with Gasteiger partial charge in [-0.3, -0.25) is 4.79 Å². The van der Waals surface area contributed by atoms with Crippen molar-refractivity contribution in [1.29, 1.82) is 0 Å². The molecule has 4 heteroatoms. The fourth-order valence-corrected chi connectivity index (χ4v) is 1.97. The molecular formula is C15H22N2O2. The number of ether oxygens (including phenoxy) is 1. The molecular weight excluding hydrogens is 240 g/mol. The lowest BCUT2D eigenvalue weighted by Crippen LogP contribution is -2.24. The Labute approximate surface area is 114 Å². The van der Waals surface area contributed by atoms with Gasteiger partial charge in [-0.25, -0.2) is 0 Å². The topological polar surface area (TPSA) is 64.3 Å². The van der Waals surface area contributed by atoms with Crippen LogP contribution in [0.15, 0.2) is 24.3 Å². The fourth-order valence-electron chi connectivity index (χ4n) is 1.97. The number of rotatable bonds is 7. The quantitative estimate of drug-likeness (QED) is 0.793. The Morgan fingerprint density at radius 3 is 2.58 bits per heavy atom. The third kappa shape index (κ3) is 3.88. The first-order valence-corrected chi connectivity index (χ1v) is 6.77. The smallest absolute Gasteiger partial charge is 0.220 e. The van der Waals surface area contributed by atoms with E-state index in [1.807, 2.05) is 24.3 Å². The molecule has 3 N–H and O–H groups in total. The number of nitrogens with one attached hydrogen (secondary N) is 1. The normalized spacial score (nSPS) is 17.6. The average Bonchev–Trinajstić information content (AvgIpc) is 3.10. The fraction of sp³-hybridized carbons (Fsp3) is 0.533. The van der Waals surface area contributed by atoms with E-state index >= 15 is 0 Å². The summed E-state index contributed by atoms with van der Waals surface area (Å²) in [4.78, 5) is 10.6. The summed E-state index contributed by atoms with van der Waals surface area (Å²) in [6.07, 6.45) is 2.85. The molecule has 1 saturated carbocycles. The van der Waals surface area contributed by atoms with Crippen LogP contribution in [0.3, 0.4) is 0 Å². The van der Waals surface area contributed by atoms with Crippen molar-refractivity contribution in [2.75, 3.05) is 11.9 Å². The van der Waals surface area contributed by atoms with Crippen LogP contribution >= 0.6 is 0 Å². The van der Waals surface area contributed by atoms with Crippen LogP contribution in [0, 0.1) is 5.41 Å². The van der Waals surface area contributed by atoms with E-state index in [9.17, 15) is 4.79 Å². The van der Waals surface area contributed by atoms with Crippen molar-refractivity contribution in [3.8, 4) is 5.75 Å². The molecule has 0 aliphatic heterocycles. The molecule has 0 heterocycles. The summed E-state index contributed by atoms with van der Waals surface area (Å²) >= 11 is 0. The summed E-state index contributed by atoms with van der Waals surface area (Å²) in [5, 5.41) is 3.52.